The lowest BCUT2D eigenvalue weighted by molar-refractivity contribution is -0.116. The number of hydrogen-bond donors (Lipinski definition) is 1. The standard InChI is InChI=1S/C18H20N6O4/c1-11-8-15(21-28-11)19-16(25)10-23(3)18(26)17-12(2)24(22-20-17)13-6-5-7-14(9-13)27-4/h5-9H,10H2,1-4H3,(H,19,21,25). The van der Waals surface area contributed by atoms with E-state index in [-0.39, 0.29) is 12.2 Å². The Kier molecular flexibility index (Phi) is 5.39. The molecule has 0 aliphatic rings. The third-order valence-corrected chi connectivity index (χ3v) is 4.02. The molecule has 0 unspecified atom stereocenters. The minimum absolute atomic E-state index is 0.162. The van der Waals surface area contributed by atoms with E-state index in [1.807, 2.05) is 18.2 Å². The number of benzene rings is 1. The van der Waals surface area contributed by atoms with E-state index in [1.54, 1.807) is 37.8 Å². The molecule has 1 aromatic carbocycles. The fourth-order valence-electron chi connectivity index (χ4n) is 2.59. The predicted molar refractivity (Wildman–Crippen MR) is 99.5 cm³/mol. The van der Waals surface area contributed by atoms with Crippen LogP contribution in [0.5, 0.6) is 5.75 Å². The second kappa shape index (κ2) is 7.91. The van der Waals surface area contributed by atoms with Gasteiger partial charge in [-0.3, -0.25) is 9.59 Å². The molecule has 0 spiro atoms. The van der Waals surface area contributed by atoms with Gasteiger partial charge < -0.3 is 19.5 Å². The summed E-state index contributed by atoms with van der Waals surface area (Å²) in [5, 5.41) is 14.3. The van der Waals surface area contributed by atoms with Crippen LogP contribution in [0.2, 0.25) is 0 Å². The van der Waals surface area contributed by atoms with Gasteiger partial charge in [0, 0.05) is 19.2 Å². The summed E-state index contributed by atoms with van der Waals surface area (Å²) in [6.07, 6.45) is 0. The predicted octanol–water partition coefficient (Wildman–Crippen LogP) is 1.59. The van der Waals surface area contributed by atoms with Crippen molar-refractivity contribution in [3.8, 4) is 11.4 Å². The normalized spacial score (nSPS) is 10.6. The zero-order valence-electron chi connectivity index (χ0n) is 16.0. The molecule has 0 radical (unpaired) electrons. The summed E-state index contributed by atoms with van der Waals surface area (Å²) in [6.45, 7) is 3.28. The van der Waals surface area contributed by atoms with Crippen molar-refractivity contribution >= 4 is 17.6 Å². The number of likely N-dealkylation sites (N-methyl/N-ethyl adjacent to an activating group) is 1. The van der Waals surface area contributed by atoms with Crippen molar-refractivity contribution in [3.63, 3.8) is 0 Å². The van der Waals surface area contributed by atoms with Gasteiger partial charge in [0.25, 0.3) is 5.91 Å². The van der Waals surface area contributed by atoms with Crippen LogP contribution in [0.15, 0.2) is 34.9 Å². The van der Waals surface area contributed by atoms with Crippen molar-refractivity contribution in [2.24, 2.45) is 0 Å². The first-order valence-electron chi connectivity index (χ1n) is 8.44. The number of methoxy groups -OCH3 is 1. The molecule has 2 aromatic heterocycles. The van der Waals surface area contributed by atoms with Crippen LogP contribution in [-0.2, 0) is 4.79 Å². The van der Waals surface area contributed by atoms with E-state index in [1.165, 1.54) is 11.9 Å². The fraction of sp³-hybridized carbons (Fsp3) is 0.278. The van der Waals surface area contributed by atoms with Gasteiger partial charge in [0.1, 0.15) is 11.5 Å². The average molecular weight is 384 g/mol. The van der Waals surface area contributed by atoms with E-state index in [9.17, 15) is 9.59 Å². The van der Waals surface area contributed by atoms with Gasteiger partial charge in [0.15, 0.2) is 11.5 Å². The molecule has 3 rings (SSSR count). The number of rotatable bonds is 6. The topological polar surface area (TPSA) is 115 Å². The SMILES string of the molecule is COc1cccc(-n2nnc(C(=O)N(C)CC(=O)Nc3cc(C)on3)c2C)c1. The highest BCUT2D eigenvalue weighted by molar-refractivity contribution is 5.98. The van der Waals surface area contributed by atoms with E-state index < -0.39 is 11.8 Å². The second-order valence-electron chi connectivity index (χ2n) is 6.17. The maximum atomic E-state index is 12.7. The van der Waals surface area contributed by atoms with Gasteiger partial charge in [0.2, 0.25) is 5.91 Å². The number of hydrogen-bond acceptors (Lipinski definition) is 7. The molecule has 0 saturated carbocycles. The van der Waals surface area contributed by atoms with Gasteiger partial charge >= 0.3 is 0 Å². The quantitative estimate of drug-likeness (QED) is 0.686. The van der Waals surface area contributed by atoms with Crippen LogP contribution in [0.3, 0.4) is 0 Å². The number of aromatic nitrogens is 4. The number of aryl methyl sites for hydroxylation is 1. The molecule has 0 fully saturated rings. The van der Waals surface area contributed by atoms with Gasteiger partial charge in [-0.1, -0.05) is 16.4 Å². The van der Waals surface area contributed by atoms with Gasteiger partial charge in [-0.25, -0.2) is 4.68 Å². The van der Waals surface area contributed by atoms with Crippen molar-refractivity contribution in [2.45, 2.75) is 13.8 Å². The number of anilines is 1. The lowest BCUT2D eigenvalue weighted by Crippen LogP contribution is -2.35. The highest BCUT2D eigenvalue weighted by Crippen LogP contribution is 2.18. The Balaban J connectivity index is 1.71. The molecule has 0 saturated heterocycles. The van der Waals surface area contributed by atoms with Crippen molar-refractivity contribution in [2.75, 3.05) is 26.0 Å². The third kappa shape index (κ3) is 4.00. The lowest BCUT2D eigenvalue weighted by Gasteiger charge is -2.15. The summed E-state index contributed by atoms with van der Waals surface area (Å²) in [4.78, 5) is 26.1. The summed E-state index contributed by atoms with van der Waals surface area (Å²) in [6, 6.07) is 8.83. The van der Waals surface area contributed by atoms with Gasteiger partial charge in [-0.15, -0.1) is 5.10 Å². The Hall–Kier alpha value is -3.69. The molecule has 0 bridgehead atoms. The Morgan fingerprint density at radius 1 is 1.29 bits per heavy atom. The minimum Gasteiger partial charge on any atom is -0.497 e. The van der Waals surface area contributed by atoms with Gasteiger partial charge in [0.05, 0.1) is 25.0 Å². The zero-order valence-corrected chi connectivity index (χ0v) is 16.0. The highest BCUT2D eigenvalue weighted by atomic mass is 16.5. The molecule has 0 aliphatic heterocycles. The van der Waals surface area contributed by atoms with E-state index in [0.29, 0.717) is 28.7 Å². The molecule has 2 amide bonds. The van der Waals surface area contributed by atoms with Crippen LogP contribution in [0, 0.1) is 13.8 Å². The Labute approximate surface area is 161 Å². The van der Waals surface area contributed by atoms with Crippen molar-refractivity contribution in [1.29, 1.82) is 0 Å². The third-order valence-electron chi connectivity index (χ3n) is 4.02. The Morgan fingerprint density at radius 3 is 2.75 bits per heavy atom. The largest absolute Gasteiger partial charge is 0.497 e. The van der Waals surface area contributed by atoms with Crippen LogP contribution < -0.4 is 10.1 Å². The van der Waals surface area contributed by atoms with E-state index in [4.69, 9.17) is 9.26 Å². The molecule has 2 heterocycles. The van der Waals surface area contributed by atoms with E-state index in [2.05, 4.69) is 20.8 Å². The van der Waals surface area contributed by atoms with Crippen LogP contribution in [-0.4, -0.2) is 57.6 Å². The molecule has 0 aliphatic carbocycles. The van der Waals surface area contributed by atoms with Crippen LogP contribution in [0.1, 0.15) is 21.9 Å². The number of nitrogens with one attached hydrogen (secondary N) is 1. The summed E-state index contributed by atoms with van der Waals surface area (Å²) in [5.41, 5.74) is 1.43. The number of ether oxygens (including phenoxy) is 1. The first-order valence-corrected chi connectivity index (χ1v) is 8.44. The van der Waals surface area contributed by atoms with Crippen molar-refractivity contribution in [3.05, 3.63) is 47.5 Å². The monoisotopic (exact) mass is 384 g/mol. The van der Waals surface area contributed by atoms with E-state index in [0.717, 1.165) is 0 Å². The first kappa shape index (κ1) is 19.1. The Morgan fingerprint density at radius 2 is 2.07 bits per heavy atom. The summed E-state index contributed by atoms with van der Waals surface area (Å²) < 4.78 is 11.6. The first-order chi connectivity index (χ1) is 13.4. The highest BCUT2D eigenvalue weighted by Gasteiger charge is 2.22. The maximum absolute atomic E-state index is 12.7. The summed E-state index contributed by atoms with van der Waals surface area (Å²) >= 11 is 0. The van der Waals surface area contributed by atoms with Gasteiger partial charge in [-0.05, 0) is 26.0 Å². The molecule has 3 aromatic rings. The lowest BCUT2D eigenvalue weighted by atomic mass is 10.2. The minimum atomic E-state index is -0.418. The van der Waals surface area contributed by atoms with E-state index >= 15 is 0 Å². The number of carbonyl (C=O) groups excluding carboxylic acids is 2. The average Bonchev–Trinajstić information content (AvgIpc) is 3.26. The number of nitrogens with zero attached hydrogens (tertiary/aromatic N) is 5. The molecule has 10 nitrogen and oxygen atoms in total. The molecular weight excluding hydrogens is 364 g/mol. The van der Waals surface area contributed by atoms with Crippen LogP contribution >= 0.6 is 0 Å². The maximum Gasteiger partial charge on any atom is 0.276 e. The molecule has 146 valence electrons. The van der Waals surface area contributed by atoms with Crippen LogP contribution in [0.25, 0.3) is 5.69 Å². The molecule has 1 N–H and O–H groups in total. The van der Waals surface area contributed by atoms with Gasteiger partial charge in [-0.2, -0.15) is 0 Å². The number of amides is 2. The summed E-state index contributed by atoms with van der Waals surface area (Å²) in [5.74, 6) is 0.713. The number of carbonyl (C=O) groups is 2. The smallest absolute Gasteiger partial charge is 0.276 e. The van der Waals surface area contributed by atoms with Crippen molar-refractivity contribution < 1.29 is 18.8 Å². The fourth-order valence-corrected chi connectivity index (χ4v) is 2.59. The second-order valence-corrected chi connectivity index (χ2v) is 6.17. The zero-order chi connectivity index (χ0) is 20.3. The molecular formula is C18H20N6O4. The molecule has 28 heavy (non-hydrogen) atoms. The van der Waals surface area contributed by atoms with Crippen molar-refractivity contribution in [1.82, 2.24) is 25.1 Å². The van der Waals surface area contributed by atoms with Crippen LogP contribution in [0.4, 0.5) is 5.82 Å². The Bertz CT molecular complexity index is 1010. The molecule has 10 heteroatoms. The molecule has 0 atom stereocenters. The summed E-state index contributed by atoms with van der Waals surface area (Å²) in [7, 11) is 3.09.